The molecule has 0 aromatic heterocycles. The van der Waals surface area contributed by atoms with Gasteiger partial charge in [0.1, 0.15) is 0 Å². The first-order chi connectivity index (χ1) is 5.00. The molecule has 0 radical (unpaired) electrons. The summed E-state index contributed by atoms with van der Waals surface area (Å²) in [5.41, 5.74) is 0. The second-order valence-corrected chi connectivity index (χ2v) is 6.02. The molecule has 0 heterocycles. The Morgan fingerprint density at radius 1 is 0.667 bits per heavy atom. The molecule has 6 N–H and O–H groups in total. The van der Waals surface area contributed by atoms with E-state index in [0.29, 0.717) is 0 Å². The van der Waals surface area contributed by atoms with Gasteiger partial charge in [0.2, 0.25) is 0 Å². The molecule has 0 saturated heterocycles. The van der Waals surface area contributed by atoms with Gasteiger partial charge in [-0.05, 0) is 23.6 Å². The zero-order chi connectivity index (χ0) is 11.0. The fourth-order valence-electron chi connectivity index (χ4n) is 0. The molecule has 0 aliphatic heterocycles. The van der Waals surface area contributed by atoms with Crippen LogP contribution in [0.15, 0.2) is 0 Å². The molecular formula is H6MoO6P2S3. The summed E-state index contributed by atoms with van der Waals surface area (Å²) >= 11 is 8.74. The van der Waals surface area contributed by atoms with E-state index in [0.717, 1.165) is 0 Å². The first-order valence-electron chi connectivity index (χ1n) is 1.73. The summed E-state index contributed by atoms with van der Waals surface area (Å²) in [6.07, 6.45) is 0. The Hall–Kier alpha value is 1.97. The van der Waals surface area contributed by atoms with Crippen molar-refractivity contribution in [1.29, 1.82) is 0 Å². The molecule has 0 aromatic rings. The molecule has 0 rings (SSSR count). The summed E-state index contributed by atoms with van der Waals surface area (Å²) < 4.78 is 0. The Labute approximate surface area is 93.7 Å². The molecule has 0 unspecified atom stereocenters. The average Bonchev–Trinajstić information content (AvgIpc) is 1.59. The maximum atomic E-state index is 7.56. The van der Waals surface area contributed by atoms with Crippen LogP contribution in [0, 0.1) is 0 Å². The number of hydrogen-bond acceptors (Lipinski definition) is 3. The molecule has 0 bridgehead atoms. The average molecular weight is 356 g/mol. The third-order valence-electron chi connectivity index (χ3n) is 0. The van der Waals surface area contributed by atoms with Gasteiger partial charge in [0.25, 0.3) is 0 Å². The van der Waals surface area contributed by atoms with Crippen LogP contribution >= 0.6 is 23.3 Å². The van der Waals surface area contributed by atoms with Crippen LogP contribution in [0.25, 0.3) is 0 Å². The van der Waals surface area contributed by atoms with Crippen molar-refractivity contribution < 1.29 is 47.4 Å². The third kappa shape index (κ3) is 372. The molecule has 0 aliphatic rings. The quantitative estimate of drug-likeness (QED) is 0.240. The van der Waals surface area contributed by atoms with Gasteiger partial charge in [0.05, 0.1) is 0 Å². The van der Waals surface area contributed by atoms with Crippen LogP contribution in [0.4, 0.5) is 0 Å². The van der Waals surface area contributed by atoms with Crippen LogP contribution < -0.4 is 0 Å². The molecule has 12 heavy (non-hydrogen) atoms. The number of hydrogen-bond donors (Lipinski definition) is 6. The number of rotatable bonds is 0. The van der Waals surface area contributed by atoms with Gasteiger partial charge in [-0.25, -0.2) is 0 Å². The molecular weight excluding hydrogens is 350 g/mol. The van der Waals surface area contributed by atoms with Crippen molar-refractivity contribution in [1.82, 2.24) is 0 Å². The molecule has 0 amide bonds. The predicted octanol–water partition coefficient (Wildman–Crippen LogP) is -0.979. The van der Waals surface area contributed by atoms with Gasteiger partial charge in [-0.2, -0.15) is 0 Å². The van der Waals surface area contributed by atoms with Crippen molar-refractivity contribution >= 4 is 46.9 Å². The van der Waals surface area contributed by atoms with Crippen molar-refractivity contribution in [3.63, 3.8) is 0 Å². The summed E-state index contributed by atoms with van der Waals surface area (Å²) in [4.78, 5) is 45.3. The van der Waals surface area contributed by atoms with Crippen molar-refractivity contribution in [3.05, 3.63) is 0 Å². The van der Waals surface area contributed by atoms with Gasteiger partial charge in [-0.3, -0.25) is 0 Å². The molecule has 0 saturated carbocycles. The molecule has 0 aromatic carbocycles. The van der Waals surface area contributed by atoms with Crippen molar-refractivity contribution in [3.8, 4) is 0 Å². The predicted molar refractivity (Wildman–Crippen MR) is 49.5 cm³/mol. The van der Waals surface area contributed by atoms with Gasteiger partial charge >= 0.3 is 41.3 Å². The van der Waals surface area contributed by atoms with E-state index in [9.17, 15) is 0 Å². The van der Waals surface area contributed by atoms with E-state index in [4.69, 9.17) is 29.4 Å². The van der Waals surface area contributed by atoms with E-state index in [1.807, 2.05) is 0 Å². The Morgan fingerprint density at radius 3 is 0.667 bits per heavy atom. The van der Waals surface area contributed by atoms with Crippen molar-refractivity contribution in [2.24, 2.45) is 0 Å². The van der Waals surface area contributed by atoms with E-state index < -0.39 is 13.4 Å². The molecule has 76 valence electrons. The van der Waals surface area contributed by atoms with Gasteiger partial charge in [0.15, 0.2) is 0 Å². The zero-order valence-electron chi connectivity index (χ0n) is 5.21. The Balaban J connectivity index is -0.000000112. The molecule has 0 aliphatic carbocycles. The van der Waals surface area contributed by atoms with Gasteiger partial charge in [-0.1, -0.05) is 0 Å². The van der Waals surface area contributed by atoms with Crippen LogP contribution in [0.5, 0.6) is 0 Å². The minimum absolute atomic E-state index is 1.53. The summed E-state index contributed by atoms with van der Waals surface area (Å²) in [6, 6.07) is 0. The van der Waals surface area contributed by atoms with E-state index in [-0.39, 0.29) is 0 Å². The second kappa shape index (κ2) is 9.52. The van der Waals surface area contributed by atoms with Crippen LogP contribution in [0.3, 0.4) is 0 Å². The molecule has 6 nitrogen and oxygen atoms in total. The fourth-order valence-corrected chi connectivity index (χ4v) is 0. The van der Waals surface area contributed by atoms with Gasteiger partial charge < -0.3 is 29.4 Å². The standard InChI is InChI=1S/Mo.2H3O3PS.S/c;2*1-4(2,3)5;/h;2*(H3,1,2,3,5);. The topological polar surface area (TPSA) is 121 Å². The van der Waals surface area contributed by atoms with Crippen molar-refractivity contribution in [2.45, 2.75) is 0 Å². The van der Waals surface area contributed by atoms with E-state index >= 15 is 0 Å². The minimum atomic E-state index is -3.81. The van der Waals surface area contributed by atoms with Crippen LogP contribution in [0.2, 0.25) is 0 Å². The Bertz CT molecular complexity index is 145. The Kier molecular flexibility index (Phi) is 15.5. The molecule has 0 atom stereocenters. The Morgan fingerprint density at radius 2 is 0.667 bits per heavy atom. The van der Waals surface area contributed by atoms with Crippen molar-refractivity contribution in [2.75, 3.05) is 0 Å². The zero-order valence-corrected chi connectivity index (χ0v) is 11.5. The SMILES string of the molecule is OP(O)(O)=S.OP(O)(O)=S.[S]=[Mo]. The maximum absolute atomic E-state index is 7.56. The second-order valence-electron chi connectivity index (χ2n) is 1.03. The monoisotopic (exact) mass is 358 g/mol. The van der Waals surface area contributed by atoms with E-state index in [1.165, 1.54) is 18.0 Å². The summed E-state index contributed by atoms with van der Waals surface area (Å²) in [6.45, 7) is -7.61. The van der Waals surface area contributed by atoms with Crippen LogP contribution in [0.1, 0.15) is 0 Å². The summed E-state index contributed by atoms with van der Waals surface area (Å²) in [5, 5.41) is 0. The van der Waals surface area contributed by atoms with Crippen LogP contribution in [-0.2, 0) is 41.6 Å². The summed E-state index contributed by atoms with van der Waals surface area (Å²) in [5.74, 6) is 0. The third-order valence-corrected chi connectivity index (χ3v) is 0. The van der Waals surface area contributed by atoms with Gasteiger partial charge in [-0.15, -0.1) is 0 Å². The first kappa shape index (κ1) is 19.5. The van der Waals surface area contributed by atoms with Crippen LogP contribution in [-0.4, -0.2) is 29.4 Å². The molecule has 12 heteroatoms. The fraction of sp³-hybridized carbons (Fsp3) is 0. The van der Waals surface area contributed by atoms with E-state index in [1.54, 1.807) is 0 Å². The van der Waals surface area contributed by atoms with E-state index in [2.05, 4.69) is 33.4 Å². The molecule has 0 fully saturated rings. The summed E-state index contributed by atoms with van der Waals surface area (Å²) in [7, 11) is 4.09. The van der Waals surface area contributed by atoms with Gasteiger partial charge in [0, 0.05) is 0 Å². The molecule has 0 spiro atoms. The first-order valence-corrected chi connectivity index (χ1v) is 9.84. The normalized spacial score (nSPS) is 10.2.